The highest BCUT2D eigenvalue weighted by atomic mass is 79.9. The molecule has 0 bridgehead atoms. The number of rotatable bonds is 3. The van der Waals surface area contributed by atoms with Crippen molar-refractivity contribution in [2.75, 3.05) is 25.6 Å². The highest BCUT2D eigenvalue weighted by Crippen LogP contribution is 2.28. The van der Waals surface area contributed by atoms with Crippen molar-refractivity contribution in [2.24, 2.45) is 5.73 Å². The van der Waals surface area contributed by atoms with Crippen molar-refractivity contribution < 1.29 is 14.3 Å². The summed E-state index contributed by atoms with van der Waals surface area (Å²) in [5.41, 5.74) is 5.94. The van der Waals surface area contributed by atoms with Crippen LogP contribution in [0, 0.1) is 0 Å². The number of carbonyl (C=O) groups is 1. The van der Waals surface area contributed by atoms with Gasteiger partial charge in [0.1, 0.15) is 11.3 Å². The van der Waals surface area contributed by atoms with Gasteiger partial charge in [-0.3, -0.25) is 4.79 Å². The molecule has 0 aliphatic carbocycles. The number of hydrogen-bond donors (Lipinski definition) is 2. The Labute approximate surface area is 132 Å². The third-order valence-corrected chi connectivity index (χ3v) is 3.90. The largest absolute Gasteiger partial charge is 0.495 e. The molecule has 7 heteroatoms. The smallest absolute Gasteiger partial charge is 0.244 e. The van der Waals surface area contributed by atoms with E-state index in [2.05, 4.69) is 21.2 Å². The second-order valence-electron chi connectivity index (χ2n) is 4.57. The molecule has 0 saturated carbocycles. The van der Waals surface area contributed by atoms with Crippen molar-refractivity contribution in [1.82, 2.24) is 0 Å². The van der Waals surface area contributed by atoms with Crippen LogP contribution in [0.5, 0.6) is 5.75 Å². The van der Waals surface area contributed by atoms with Gasteiger partial charge in [-0.2, -0.15) is 0 Å². The van der Waals surface area contributed by atoms with Gasteiger partial charge in [-0.1, -0.05) is 0 Å². The van der Waals surface area contributed by atoms with Gasteiger partial charge in [-0.05, 0) is 40.9 Å². The fraction of sp³-hybridized carbons (Fsp3) is 0.462. The molecule has 1 amide bonds. The molecule has 1 aliphatic heterocycles. The molecule has 0 unspecified atom stereocenters. The van der Waals surface area contributed by atoms with E-state index in [-0.39, 0.29) is 18.3 Å². The molecule has 0 radical (unpaired) electrons. The van der Waals surface area contributed by atoms with Crippen LogP contribution in [0.4, 0.5) is 5.69 Å². The van der Waals surface area contributed by atoms with Crippen LogP contribution in [0.15, 0.2) is 22.7 Å². The lowest BCUT2D eigenvalue weighted by Crippen LogP contribution is -2.54. The second-order valence-corrected chi connectivity index (χ2v) is 5.43. The van der Waals surface area contributed by atoms with Crippen LogP contribution in [-0.4, -0.2) is 31.8 Å². The Balaban J connectivity index is 0.00000200. The third-order valence-electron chi connectivity index (χ3n) is 3.25. The Morgan fingerprint density at radius 3 is 2.70 bits per heavy atom. The molecule has 1 heterocycles. The monoisotopic (exact) mass is 364 g/mol. The number of amides is 1. The van der Waals surface area contributed by atoms with E-state index >= 15 is 0 Å². The predicted molar refractivity (Wildman–Crippen MR) is 83.5 cm³/mol. The maximum Gasteiger partial charge on any atom is 0.244 e. The lowest BCUT2D eigenvalue weighted by molar-refractivity contribution is -0.124. The van der Waals surface area contributed by atoms with Gasteiger partial charge in [-0.15, -0.1) is 12.4 Å². The van der Waals surface area contributed by atoms with Crippen molar-refractivity contribution in [3.05, 3.63) is 22.7 Å². The van der Waals surface area contributed by atoms with Gasteiger partial charge >= 0.3 is 0 Å². The first-order valence-corrected chi connectivity index (χ1v) is 6.86. The molecule has 20 heavy (non-hydrogen) atoms. The summed E-state index contributed by atoms with van der Waals surface area (Å²) in [5, 5.41) is 2.83. The fourth-order valence-corrected chi connectivity index (χ4v) is 2.36. The normalized spacial score (nSPS) is 16.9. The Bertz CT molecular complexity index is 479. The van der Waals surface area contributed by atoms with Crippen molar-refractivity contribution >= 4 is 39.9 Å². The molecule has 1 saturated heterocycles. The minimum absolute atomic E-state index is 0. The Morgan fingerprint density at radius 2 is 2.10 bits per heavy atom. The maximum absolute atomic E-state index is 12.2. The molecule has 0 aromatic heterocycles. The van der Waals surface area contributed by atoms with Gasteiger partial charge in [0.25, 0.3) is 0 Å². The number of halogens is 2. The summed E-state index contributed by atoms with van der Waals surface area (Å²) in [6, 6.07) is 5.37. The lowest BCUT2D eigenvalue weighted by Gasteiger charge is -2.31. The van der Waals surface area contributed by atoms with Crippen LogP contribution in [-0.2, 0) is 9.53 Å². The van der Waals surface area contributed by atoms with Gasteiger partial charge in [0.05, 0.1) is 11.6 Å². The highest BCUT2D eigenvalue weighted by Gasteiger charge is 2.35. The number of anilines is 1. The molecular formula is C13H18BrClN2O3. The van der Waals surface area contributed by atoms with Crippen LogP contribution < -0.4 is 15.8 Å². The molecule has 1 aromatic rings. The van der Waals surface area contributed by atoms with Crippen LogP contribution in [0.3, 0.4) is 0 Å². The SMILES string of the molecule is COc1cc(NC(=O)C2(N)CCOCC2)ccc1Br.Cl. The number of nitrogens with one attached hydrogen (secondary N) is 1. The third kappa shape index (κ3) is 3.85. The molecule has 3 N–H and O–H groups in total. The fourth-order valence-electron chi connectivity index (χ4n) is 1.96. The van der Waals surface area contributed by atoms with E-state index in [0.29, 0.717) is 37.5 Å². The molecule has 5 nitrogen and oxygen atoms in total. The molecule has 0 atom stereocenters. The number of hydrogen-bond acceptors (Lipinski definition) is 4. The minimum Gasteiger partial charge on any atom is -0.495 e. The standard InChI is InChI=1S/C13H17BrN2O3.ClH/c1-18-11-8-9(2-3-10(11)14)16-12(17)13(15)4-6-19-7-5-13;/h2-3,8H,4-7,15H2,1H3,(H,16,17);1H. The van der Waals surface area contributed by atoms with Crippen molar-refractivity contribution in [2.45, 2.75) is 18.4 Å². The van der Waals surface area contributed by atoms with E-state index in [0.717, 1.165) is 4.47 Å². The van der Waals surface area contributed by atoms with E-state index in [1.165, 1.54) is 0 Å². The van der Waals surface area contributed by atoms with E-state index in [1.54, 1.807) is 19.2 Å². The Kier molecular flexibility index (Phi) is 6.26. The van der Waals surface area contributed by atoms with Gasteiger partial charge in [0.15, 0.2) is 0 Å². The van der Waals surface area contributed by atoms with Crippen molar-refractivity contribution in [1.29, 1.82) is 0 Å². The van der Waals surface area contributed by atoms with E-state index < -0.39 is 5.54 Å². The quantitative estimate of drug-likeness (QED) is 0.862. The van der Waals surface area contributed by atoms with E-state index in [4.69, 9.17) is 15.2 Å². The molecule has 2 rings (SSSR count). The summed E-state index contributed by atoms with van der Waals surface area (Å²) in [4.78, 5) is 12.2. The summed E-state index contributed by atoms with van der Waals surface area (Å²) in [7, 11) is 1.58. The highest BCUT2D eigenvalue weighted by molar-refractivity contribution is 9.10. The number of ether oxygens (including phenoxy) is 2. The molecule has 1 fully saturated rings. The zero-order valence-corrected chi connectivity index (χ0v) is 13.6. The van der Waals surface area contributed by atoms with Gasteiger partial charge in [-0.25, -0.2) is 0 Å². The van der Waals surface area contributed by atoms with E-state index in [9.17, 15) is 4.79 Å². The van der Waals surface area contributed by atoms with Crippen LogP contribution >= 0.6 is 28.3 Å². The predicted octanol–water partition coefficient (Wildman–Crippen LogP) is 2.33. The molecule has 1 aromatic carbocycles. The van der Waals surface area contributed by atoms with Crippen molar-refractivity contribution in [3.63, 3.8) is 0 Å². The number of benzene rings is 1. The average Bonchev–Trinajstić information content (AvgIpc) is 2.41. The van der Waals surface area contributed by atoms with Gasteiger partial charge < -0.3 is 20.5 Å². The van der Waals surface area contributed by atoms with Crippen LogP contribution in [0.2, 0.25) is 0 Å². The summed E-state index contributed by atoms with van der Waals surface area (Å²) in [6.45, 7) is 1.04. The van der Waals surface area contributed by atoms with Gasteiger partial charge in [0.2, 0.25) is 5.91 Å². The van der Waals surface area contributed by atoms with E-state index in [1.807, 2.05) is 6.07 Å². The van der Waals surface area contributed by atoms with Crippen LogP contribution in [0.1, 0.15) is 12.8 Å². The summed E-state index contributed by atoms with van der Waals surface area (Å²) < 4.78 is 11.3. The topological polar surface area (TPSA) is 73.6 Å². The molecule has 112 valence electrons. The van der Waals surface area contributed by atoms with Crippen molar-refractivity contribution in [3.8, 4) is 5.75 Å². The number of carbonyl (C=O) groups excluding carboxylic acids is 1. The lowest BCUT2D eigenvalue weighted by atomic mass is 9.90. The van der Waals surface area contributed by atoms with Crippen LogP contribution in [0.25, 0.3) is 0 Å². The zero-order chi connectivity index (χ0) is 13.9. The van der Waals surface area contributed by atoms with Gasteiger partial charge in [0, 0.05) is 25.0 Å². The Hall–Kier alpha value is -0.820. The second kappa shape index (κ2) is 7.26. The molecular weight excluding hydrogens is 348 g/mol. The Morgan fingerprint density at radius 1 is 1.45 bits per heavy atom. The minimum atomic E-state index is -0.849. The molecule has 0 spiro atoms. The first-order valence-electron chi connectivity index (χ1n) is 6.07. The first kappa shape index (κ1) is 17.2. The summed E-state index contributed by atoms with van der Waals surface area (Å²) >= 11 is 3.37. The molecule has 1 aliphatic rings. The maximum atomic E-state index is 12.2. The summed E-state index contributed by atoms with van der Waals surface area (Å²) in [5.74, 6) is 0.482. The summed E-state index contributed by atoms with van der Waals surface area (Å²) in [6.07, 6.45) is 1.07. The average molecular weight is 366 g/mol. The first-order chi connectivity index (χ1) is 9.05. The zero-order valence-electron chi connectivity index (χ0n) is 11.1. The number of methoxy groups -OCH3 is 1. The number of nitrogens with two attached hydrogens (primary N) is 1.